The molecule has 0 spiro atoms. The fourth-order valence-corrected chi connectivity index (χ4v) is 4.13. The molecule has 2 atom stereocenters. The Morgan fingerprint density at radius 2 is 1.93 bits per heavy atom. The number of piperazine rings is 1. The Kier molecular flexibility index (Phi) is 11.0. The van der Waals surface area contributed by atoms with Gasteiger partial charge in [-0.15, -0.1) is 24.8 Å². The van der Waals surface area contributed by atoms with E-state index in [1.165, 1.54) is 12.8 Å². The van der Waals surface area contributed by atoms with Gasteiger partial charge in [0.25, 0.3) is 0 Å². The second-order valence-corrected chi connectivity index (χ2v) is 7.56. The minimum atomic E-state index is 0. The van der Waals surface area contributed by atoms with Gasteiger partial charge in [0.05, 0.1) is 12.3 Å². The van der Waals surface area contributed by atoms with Crippen LogP contribution in [0.3, 0.4) is 0 Å². The zero-order chi connectivity index (χ0) is 18.4. The van der Waals surface area contributed by atoms with Gasteiger partial charge in [0, 0.05) is 32.6 Å². The van der Waals surface area contributed by atoms with E-state index in [-0.39, 0.29) is 24.8 Å². The van der Waals surface area contributed by atoms with E-state index in [1.54, 1.807) is 0 Å². The molecule has 5 nitrogen and oxygen atoms in total. The lowest BCUT2D eigenvalue weighted by molar-refractivity contribution is -0.132. The maximum absolute atomic E-state index is 12.7. The zero-order valence-corrected chi connectivity index (χ0v) is 18.7. The number of hydrogen-bond donors (Lipinski definition) is 1. The highest BCUT2D eigenvalue weighted by Crippen LogP contribution is 2.29. The Balaban J connectivity index is 0.00000196. The summed E-state index contributed by atoms with van der Waals surface area (Å²) in [6, 6.07) is 8.20. The van der Waals surface area contributed by atoms with Crippen LogP contribution in [0, 0.1) is 11.8 Å². The number of carbonyl (C=O) groups is 1. The summed E-state index contributed by atoms with van der Waals surface area (Å²) < 4.78 is 5.76. The molecule has 0 radical (unpaired) electrons. The van der Waals surface area contributed by atoms with Crippen molar-refractivity contribution in [2.45, 2.75) is 33.1 Å². The largest absolute Gasteiger partial charge is 0.492 e. The van der Waals surface area contributed by atoms with Crippen LogP contribution in [-0.2, 0) is 4.79 Å². The molecule has 1 aromatic rings. The number of halogens is 2. The lowest BCUT2D eigenvalue weighted by atomic mass is 9.85. The van der Waals surface area contributed by atoms with E-state index in [2.05, 4.69) is 29.3 Å². The number of nitrogens with one attached hydrogen (secondary N) is 1. The molecule has 0 aliphatic carbocycles. The first-order valence-corrected chi connectivity index (χ1v) is 10.1. The summed E-state index contributed by atoms with van der Waals surface area (Å²) in [4.78, 5) is 17.1. The Labute approximate surface area is 182 Å². The van der Waals surface area contributed by atoms with E-state index < -0.39 is 0 Å². The van der Waals surface area contributed by atoms with Gasteiger partial charge in [-0.05, 0) is 56.8 Å². The fraction of sp³-hybridized carbons (Fsp3) is 0.667. The van der Waals surface area contributed by atoms with Gasteiger partial charge in [0.15, 0.2) is 0 Å². The van der Waals surface area contributed by atoms with Crippen molar-refractivity contribution in [1.82, 2.24) is 10.2 Å². The highest BCUT2D eigenvalue weighted by Gasteiger charge is 2.27. The molecule has 0 bridgehead atoms. The molecule has 7 heteroatoms. The molecule has 2 heterocycles. The molecule has 2 fully saturated rings. The average molecular weight is 432 g/mol. The number of nitrogens with zero attached hydrogens (tertiary/aromatic N) is 2. The summed E-state index contributed by atoms with van der Waals surface area (Å²) in [5.41, 5.74) is 1.14. The summed E-state index contributed by atoms with van der Waals surface area (Å²) in [7, 11) is 0. The van der Waals surface area contributed by atoms with Crippen molar-refractivity contribution in [2.75, 3.05) is 50.8 Å². The zero-order valence-electron chi connectivity index (χ0n) is 17.1. The molecule has 1 N–H and O–H groups in total. The minimum absolute atomic E-state index is 0. The fourth-order valence-electron chi connectivity index (χ4n) is 4.13. The first kappa shape index (κ1) is 24.9. The molecule has 2 aliphatic heterocycles. The van der Waals surface area contributed by atoms with E-state index in [9.17, 15) is 4.79 Å². The SMILES string of the molecule is CCOc1ccccc1N1CCN(C(=O)CC(C)C2CCCNC2)CC1.Cl.Cl. The van der Waals surface area contributed by atoms with Crippen LogP contribution in [0.5, 0.6) is 5.75 Å². The van der Waals surface area contributed by atoms with Gasteiger partial charge in [-0.3, -0.25) is 4.79 Å². The summed E-state index contributed by atoms with van der Waals surface area (Å²) in [5, 5.41) is 3.46. The molecule has 2 saturated heterocycles. The summed E-state index contributed by atoms with van der Waals surface area (Å²) in [6.45, 7) is 10.5. The van der Waals surface area contributed by atoms with Crippen LogP contribution in [0.15, 0.2) is 24.3 Å². The average Bonchev–Trinajstić information content (AvgIpc) is 2.69. The Hall–Kier alpha value is -1.17. The van der Waals surface area contributed by atoms with E-state index in [4.69, 9.17) is 4.74 Å². The molecule has 1 aromatic carbocycles. The normalized spacial score (nSPS) is 20.6. The number of ether oxygens (including phenoxy) is 1. The first-order valence-electron chi connectivity index (χ1n) is 10.1. The quantitative estimate of drug-likeness (QED) is 0.746. The molecular weight excluding hydrogens is 397 g/mol. The van der Waals surface area contributed by atoms with E-state index in [1.807, 2.05) is 24.0 Å². The Bertz CT molecular complexity index is 589. The van der Waals surface area contributed by atoms with Crippen molar-refractivity contribution in [1.29, 1.82) is 0 Å². The monoisotopic (exact) mass is 431 g/mol. The van der Waals surface area contributed by atoms with Crippen LogP contribution < -0.4 is 15.0 Å². The number of rotatable bonds is 6. The topological polar surface area (TPSA) is 44.8 Å². The lowest BCUT2D eigenvalue weighted by Gasteiger charge is -2.37. The van der Waals surface area contributed by atoms with Crippen LogP contribution in [0.2, 0.25) is 0 Å². The van der Waals surface area contributed by atoms with Crippen molar-refractivity contribution in [3.05, 3.63) is 24.3 Å². The van der Waals surface area contributed by atoms with Crippen LogP contribution in [0.25, 0.3) is 0 Å². The molecule has 0 saturated carbocycles. The second kappa shape index (κ2) is 12.4. The van der Waals surface area contributed by atoms with E-state index in [0.29, 0.717) is 30.8 Å². The summed E-state index contributed by atoms with van der Waals surface area (Å²) in [5.74, 6) is 2.37. The maximum Gasteiger partial charge on any atom is 0.222 e. The number of para-hydroxylation sites is 2. The van der Waals surface area contributed by atoms with Crippen molar-refractivity contribution >= 4 is 36.4 Å². The predicted octanol–water partition coefficient (Wildman–Crippen LogP) is 3.60. The molecule has 3 rings (SSSR count). The number of benzene rings is 1. The third kappa shape index (κ3) is 6.43. The molecule has 2 aliphatic rings. The third-order valence-corrected chi connectivity index (χ3v) is 5.77. The molecule has 0 aromatic heterocycles. The highest BCUT2D eigenvalue weighted by molar-refractivity contribution is 5.85. The van der Waals surface area contributed by atoms with Gasteiger partial charge in [-0.2, -0.15) is 0 Å². The first-order chi connectivity index (χ1) is 12.7. The number of piperidine rings is 1. The Morgan fingerprint density at radius 1 is 1.21 bits per heavy atom. The number of anilines is 1. The number of hydrogen-bond acceptors (Lipinski definition) is 4. The van der Waals surface area contributed by atoms with Gasteiger partial charge in [0.2, 0.25) is 5.91 Å². The molecule has 1 amide bonds. The van der Waals surface area contributed by atoms with Crippen LogP contribution in [0.4, 0.5) is 5.69 Å². The minimum Gasteiger partial charge on any atom is -0.492 e. The van der Waals surface area contributed by atoms with Crippen LogP contribution >= 0.6 is 24.8 Å². The second-order valence-electron chi connectivity index (χ2n) is 7.56. The number of amides is 1. The van der Waals surface area contributed by atoms with Crippen molar-refractivity contribution in [3.63, 3.8) is 0 Å². The van der Waals surface area contributed by atoms with Gasteiger partial charge < -0.3 is 19.9 Å². The van der Waals surface area contributed by atoms with Crippen molar-refractivity contribution < 1.29 is 9.53 Å². The molecular formula is C21H35Cl2N3O2. The van der Waals surface area contributed by atoms with Gasteiger partial charge in [0.1, 0.15) is 5.75 Å². The van der Waals surface area contributed by atoms with Crippen LogP contribution in [0.1, 0.15) is 33.1 Å². The molecule has 28 heavy (non-hydrogen) atoms. The third-order valence-electron chi connectivity index (χ3n) is 5.77. The maximum atomic E-state index is 12.7. The highest BCUT2D eigenvalue weighted by atomic mass is 35.5. The lowest BCUT2D eigenvalue weighted by Crippen LogP contribution is -2.49. The molecule has 160 valence electrons. The van der Waals surface area contributed by atoms with Crippen molar-refractivity contribution in [3.8, 4) is 5.75 Å². The number of carbonyl (C=O) groups excluding carboxylic acids is 1. The standard InChI is InChI=1S/C21H33N3O2.2ClH/c1-3-26-20-9-5-4-8-19(20)23-11-13-24(14-12-23)21(25)15-17(2)18-7-6-10-22-16-18;;/h4-5,8-9,17-18,22H,3,6-7,10-16H2,1-2H3;2*1H. The predicted molar refractivity (Wildman–Crippen MR) is 120 cm³/mol. The van der Waals surface area contributed by atoms with Gasteiger partial charge >= 0.3 is 0 Å². The van der Waals surface area contributed by atoms with Crippen molar-refractivity contribution in [2.24, 2.45) is 11.8 Å². The summed E-state index contributed by atoms with van der Waals surface area (Å²) in [6.07, 6.45) is 3.17. The van der Waals surface area contributed by atoms with Gasteiger partial charge in [-0.25, -0.2) is 0 Å². The molecule has 2 unspecified atom stereocenters. The van der Waals surface area contributed by atoms with E-state index in [0.717, 1.165) is 50.7 Å². The van der Waals surface area contributed by atoms with E-state index >= 15 is 0 Å². The Morgan fingerprint density at radius 3 is 2.57 bits per heavy atom. The van der Waals surface area contributed by atoms with Crippen LogP contribution in [-0.4, -0.2) is 56.7 Å². The van der Waals surface area contributed by atoms with Gasteiger partial charge in [-0.1, -0.05) is 19.1 Å². The summed E-state index contributed by atoms with van der Waals surface area (Å²) >= 11 is 0. The smallest absolute Gasteiger partial charge is 0.222 e.